The highest BCUT2D eigenvalue weighted by Crippen LogP contribution is 2.24. The highest BCUT2D eigenvalue weighted by Gasteiger charge is 2.16. The molecular weight excluding hydrogens is 438 g/mol. The fourth-order valence-corrected chi connectivity index (χ4v) is 3.74. The van der Waals surface area contributed by atoms with Gasteiger partial charge in [-0.3, -0.25) is 9.59 Å². The summed E-state index contributed by atoms with van der Waals surface area (Å²) < 4.78 is 5.17. The van der Waals surface area contributed by atoms with Crippen molar-refractivity contribution in [3.8, 4) is 6.07 Å². The van der Waals surface area contributed by atoms with E-state index in [4.69, 9.17) is 10.00 Å². The van der Waals surface area contributed by atoms with Crippen LogP contribution >= 0.6 is 11.8 Å². The monoisotopic (exact) mass is 459 g/mol. The molecule has 0 aliphatic rings. The normalized spacial score (nSPS) is 10.1. The van der Waals surface area contributed by atoms with E-state index in [1.807, 2.05) is 31.2 Å². The Morgan fingerprint density at radius 1 is 0.909 bits per heavy atom. The van der Waals surface area contributed by atoms with Crippen LogP contribution in [0.3, 0.4) is 0 Å². The lowest BCUT2D eigenvalue weighted by atomic mass is 10.2. The number of nitriles is 1. The molecule has 7 nitrogen and oxygen atoms in total. The van der Waals surface area contributed by atoms with Gasteiger partial charge in [0.2, 0.25) is 5.91 Å². The second kappa shape index (κ2) is 11.5. The number of nitrogens with one attached hydrogen (secondary N) is 2. The Hall–Kier alpha value is -4.09. The summed E-state index contributed by atoms with van der Waals surface area (Å²) >= 11 is 1.17. The van der Waals surface area contributed by atoms with Gasteiger partial charge in [0, 0.05) is 16.3 Å². The molecule has 0 aliphatic carbocycles. The van der Waals surface area contributed by atoms with Crippen LogP contribution in [0.25, 0.3) is 0 Å². The van der Waals surface area contributed by atoms with Crippen molar-refractivity contribution in [1.82, 2.24) is 0 Å². The summed E-state index contributed by atoms with van der Waals surface area (Å²) in [7, 11) is 0. The molecule has 0 unspecified atom stereocenters. The van der Waals surface area contributed by atoms with Crippen molar-refractivity contribution >= 4 is 40.9 Å². The SMILES string of the molecule is Cc1cccc(NC(=O)COC(=O)c2ccccc2SCC(=O)Nc2cccc(C#N)c2)c1. The van der Waals surface area contributed by atoms with Crippen molar-refractivity contribution in [2.75, 3.05) is 23.0 Å². The number of amides is 2. The number of carbonyl (C=O) groups is 3. The molecule has 2 N–H and O–H groups in total. The maximum absolute atomic E-state index is 12.5. The summed E-state index contributed by atoms with van der Waals surface area (Å²) in [5, 5.41) is 14.4. The van der Waals surface area contributed by atoms with Crippen LogP contribution in [-0.2, 0) is 14.3 Å². The molecule has 3 aromatic carbocycles. The zero-order valence-corrected chi connectivity index (χ0v) is 18.6. The van der Waals surface area contributed by atoms with Gasteiger partial charge in [0.1, 0.15) is 0 Å². The van der Waals surface area contributed by atoms with E-state index in [0.717, 1.165) is 5.56 Å². The molecule has 0 bridgehead atoms. The van der Waals surface area contributed by atoms with E-state index in [2.05, 4.69) is 10.6 Å². The van der Waals surface area contributed by atoms with Crippen LogP contribution < -0.4 is 10.6 Å². The molecule has 0 heterocycles. The highest BCUT2D eigenvalue weighted by molar-refractivity contribution is 8.00. The third-order valence-electron chi connectivity index (χ3n) is 4.38. The first-order chi connectivity index (χ1) is 15.9. The summed E-state index contributed by atoms with van der Waals surface area (Å²) in [5.74, 6) is -1.33. The van der Waals surface area contributed by atoms with E-state index in [-0.39, 0.29) is 17.2 Å². The van der Waals surface area contributed by atoms with E-state index in [9.17, 15) is 14.4 Å². The zero-order valence-electron chi connectivity index (χ0n) is 17.8. The van der Waals surface area contributed by atoms with Crippen LogP contribution in [-0.4, -0.2) is 30.1 Å². The molecule has 0 radical (unpaired) electrons. The van der Waals surface area contributed by atoms with E-state index in [1.165, 1.54) is 11.8 Å². The maximum atomic E-state index is 12.5. The van der Waals surface area contributed by atoms with Gasteiger partial charge in [-0.15, -0.1) is 11.8 Å². The zero-order chi connectivity index (χ0) is 23.6. The first-order valence-electron chi connectivity index (χ1n) is 10.00. The number of anilines is 2. The summed E-state index contributed by atoms with van der Waals surface area (Å²) in [5.41, 5.74) is 2.85. The smallest absolute Gasteiger partial charge is 0.339 e. The highest BCUT2D eigenvalue weighted by atomic mass is 32.2. The van der Waals surface area contributed by atoms with Gasteiger partial charge < -0.3 is 15.4 Å². The van der Waals surface area contributed by atoms with Crippen LogP contribution in [0.2, 0.25) is 0 Å². The Labute approximate surface area is 195 Å². The van der Waals surface area contributed by atoms with Crippen LogP contribution in [0, 0.1) is 18.3 Å². The van der Waals surface area contributed by atoms with Gasteiger partial charge in [0.25, 0.3) is 5.91 Å². The van der Waals surface area contributed by atoms with Crippen LogP contribution in [0.15, 0.2) is 77.7 Å². The number of ether oxygens (including phenoxy) is 1. The topological polar surface area (TPSA) is 108 Å². The van der Waals surface area contributed by atoms with Crippen molar-refractivity contribution in [1.29, 1.82) is 5.26 Å². The summed E-state index contributed by atoms with van der Waals surface area (Å²) in [6, 6.07) is 22.6. The van der Waals surface area contributed by atoms with Gasteiger partial charge in [0.05, 0.1) is 22.9 Å². The minimum Gasteiger partial charge on any atom is -0.452 e. The maximum Gasteiger partial charge on any atom is 0.339 e. The Morgan fingerprint density at radius 2 is 1.61 bits per heavy atom. The number of rotatable bonds is 8. The summed E-state index contributed by atoms with van der Waals surface area (Å²) in [6.45, 7) is 1.48. The molecule has 0 saturated carbocycles. The molecule has 8 heteroatoms. The van der Waals surface area contributed by atoms with Crippen molar-refractivity contribution in [3.63, 3.8) is 0 Å². The molecule has 3 aromatic rings. The third kappa shape index (κ3) is 7.23. The van der Waals surface area contributed by atoms with Gasteiger partial charge in [-0.25, -0.2) is 4.79 Å². The second-order valence-corrected chi connectivity index (χ2v) is 8.04. The Balaban J connectivity index is 1.54. The molecule has 0 aromatic heterocycles. The number of thioether (sulfide) groups is 1. The predicted octanol–water partition coefficient (Wildman–Crippen LogP) is 4.39. The third-order valence-corrected chi connectivity index (χ3v) is 5.45. The van der Waals surface area contributed by atoms with Crippen molar-refractivity contribution in [2.45, 2.75) is 11.8 Å². The number of aryl methyl sites for hydroxylation is 1. The van der Waals surface area contributed by atoms with Gasteiger partial charge in [-0.05, 0) is 55.0 Å². The largest absolute Gasteiger partial charge is 0.452 e. The first kappa shape index (κ1) is 23.6. The summed E-state index contributed by atoms with van der Waals surface area (Å²) in [4.78, 5) is 37.5. The van der Waals surface area contributed by atoms with Crippen molar-refractivity contribution in [2.24, 2.45) is 0 Å². The summed E-state index contributed by atoms with van der Waals surface area (Å²) in [6.07, 6.45) is 0. The lowest BCUT2D eigenvalue weighted by Crippen LogP contribution is -2.21. The molecule has 0 aliphatic heterocycles. The number of hydrogen-bond acceptors (Lipinski definition) is 6. The van der Waals surface area contributed by atoms with Gasteiger partial charge >= 0.3 is 5.97 Å². The number of hydrogen-bond donors (Lipinski definition) is 2. The van der Waals surface area contributed by atoms with E-state index < -0.39 is 18.5 Å². The van der Waals surface area contributed by atoms with Gasteiger partial charge in [-0.1, -0.05) is 30.3 Å². The lowest BCUT2D eigenvalue weighted by Gasteiger charge is -2.10. The van der Waals surface area contributed by atoms with Gasteiger partial charge in [-0.2, -0.15) is 5.26 Å². The number of nitrogens with zero attached hydrogens (tertiary/aromatic N) is 1. The van der Waals surface area contributed by atoms with Gasteiger partial charge in [0.15, 0.2) is 6.61 Å². The fourth-order valence-electron chi connectivity index (χ4n) is 2.90. The Kier molecular flexibility index (Phi) is 8.22. The molecule has 0 fully saturated rings. The molecule has 33 heavy (non-hydrogen) atoms. The predicted molar refractivity (Wildman–Crippen MR) is 127 cm³/mol. The fraction of sp³-hybridized carbons (Fsp3) is 0.120. The first-order valence-corrected chi connectivity index (χ1v) is 11.0. The van der Waals surface area contributed by atoms with Crippen LogP contribution in [0.1, 0.15) is 21.5 Å². The second-order valence-electron chi connectivity index (χ2n) is 7.02. The average Bonchev–Trinajstić information content (AvgIpc) is 2.81. The Morgan fingerprint density at radius 3 is 2.36 bits per heavy atom. The molecule has 166 valence electrons. The Bertz CT molecular complexity index is 1220. The number of esters is 1. The molecule has 3 rings (SSSR count). The quantitative estimate of drug-likeness (QED) is 0.382. The van der Waals surface area contributed by atoms with Crippen molar-refractivity contribution < 1.29 is 19.1 Å². The average molecular weight is 460 g/mol. The molecule has 0 saturated heterocycles. The lowest BCUT2D eigenvalue weighted by molar-refractivity contribution is -0.119. The molecule has 0 spiro atoms. The minimum atomic E-state index is -0.653. The molecule has 0 atom stereocenters. The van der Waals surface area contributed by atoms with E-state index >= 15 is 0 Å². The van der Waals surface area contributed by atoms with E-state index in [1.54, 1.807) is 54.6 Å². The number of carbonyl (C=O) groups excluding carboxylic acids is 3. The van der Waals surface area contributed by atoms with E-state index in [0.29, 0.717) is 21.8 Å². The molecule has 2 amide bonds. The van der Waals surface area contributed by atoms with Crippen LogP contribution in [0.4, 0.5) is 11.4 Å². The van der Waals surface area contributed by atoms with Crippen molar-refractivity contribution in [3.05, 3.63) is 89.5 Å². The number of benzene rings is 3. The minimum absolute atomic E-state index is 0.0505. The van der Waals surface area contributed by atoms with Crippen LogP contribution in [0.5, 0.6) is 0 Å². The standard InChI is InChI=1S/C25H21N3O4S/c1-17-6-4-8-19(12-17)27-23(29)15-32-25(31)21-10-2-3-11-22(21)33-16-24(30)28-20-9-5-7-18(13-20)14-26/h2-13H,15-16H2,1H3,(H,27,29)(H,28,30). The molecular formula is C25H21N3O4S.